The Morgan fingerprint density at radius 3 is 2.81 bits per heavy atom. The number of rotatable bonds is 0. The zero-order valence-corrected chi connectivity index (χ0v) is 9.38. The summed E-state index contributed by atoms with van der Waals surface area (Å²) in [6.07, 6.45) is 0.892. The van der Waals surface area contributed by atoms with Crippen LogP contribution in [0.1, 0.15) is 18.4 Å². The van der Waals surface area contributed by atoms with Crippen molar-refractivity contribution in [3.8, 4) is 0 Å². The molecule has 4 heteroatoms. The Labute approximate surface area is 97.2 Å². The van der Waals surface area contributed by atoms with Crippen LogP contribution in [0.25, 0.3) is 0 Å². The van der Waals surface area contributed by atoms with Crippen molar-refractivity contribution in [3.63, 3.8) is 0 Å². The van der Waals surface area contributed by atoms with E-state index in [2.05, 4.69) is 0 Å². The molecule has 1 atom stereocenters. The first-order chi connectivity index (χ1) is 7.72. The van der Waals surface area contributed by atoms with E-state index < -0.39 is 11.4 Å². The van der Waals surface area contributed by atoms with Gasteiger partial charge in [0.15, 0.2) is 0 Å². The van der Waals surface area contributed by atoms with Crippen LogP contribution in [0.5, 0.6) is 0 Å². The van der Waals surface area contributed by atoms with Crippen molar-refractivity contribution in [2.75, 3.05) is 5.75 Å². The van der Waals surface area contributed by atoms with Gasteiger partial charge < -0.3 is 4.74 Å². The fraction of sp³-hybridized carbons (Fsp3) is 0.333. The zero-order chi connectivity index (χ0) is 11.2. The van der Waals surface area contributed by atoms with Gasteiger partial charge >= 0.3 is 11.9 Å². The van der Waals surface area contributed by atoms with Crippen molar-refractivity contribution >= 4 is 23.7 Å². The van der Waals surface area contributed by atoms with Gasteiger partial charge in [0, 0.05) is 4.90 Å². The Morgan fingerprint density at radius 1 is 1.25 bits per heavy atom. The molecule has 0 bridgehead atoms. The van der Waals surface area contributed by atoms with Crippen LogP contribution in [-0.4, -0.2) is 17.7 Å². The van der Waals surface area contributed by atoms with Crippen molar-refractivity contribution in [2.45, 2.75) is 23.2 Å². The summed E-state index contributed by atoms with van der Waals surface area (Å²) < 4.78 is 4.72. The van der Waals surface area contributed by atoms with Crippen LogP contribution in [0.4, 0.5) is 0 Å². The van der Waals surface area contributed by atoms with Crippen molar-refractivity contribution in [1.29, 1.82) is 0 Å². The molecule has 0 aromatic heterocycles. The van der Waals surface area contributed by atoms with Crippen LogP contribution >= 0.6 is 11.8 Å². The average Bonchev–Trinajstić information content (AvgIpc) is 2.55. The van der Waals surface area contributed by atoms with Gasteiger partial charge in [-0.2, -0.15) is 0 Å². The summed E-state index contributed by atoms with van der Waals surface area (Å²) in [5, 5.41) is 0. The Bertz CT molecular complexity index is 483. The molecule has 2 heterocycles. The van der Waals surface area contributed by atoms with E-state index in [1.54, 1.807) is 11.8 Å². The molecule has 1 aromatic rings. The highest BCUT2D eigenvalue weighted by Gasteiger charge is 2.52. The molecule has 2 aliphatic rings. The number of hydrogen-bond donors (Lipinski definition) is 0. The first-order valence-electron chi connectivity index (χ1n) is 5.20. The Morgan fingerprint density at radius 2 is 2.06 bits per heavy atom. The van der Waals surface area contributed by atoms with Gasteiger partial charge in [0.1, 0.15) is 5.41 Å². The highest BCUT2D eigenvalue weighted by atomic mass is 32.2. The number of ether oxygens (including phenoxy) is 1. The fourth-order valence-electron chi connectivity index (χ4n) is 2.41. The highest BCUT2D eigenvalue weighted by molar-refractivity contribution is 7.99. The molecule has 2 aliphatic heterocycles. The van der Waals surface area contributed by atoms with Crippen LogP contribution < -0.4 is 0 Å². The molecule has 1 spiro atoms. The predicted octanol–water partition coefficient (Wildman–Crippen LogP) is 1.89. The Kier molecular flexibility index (Phi) is 2.07. The number of esters is 2. The monoisotopic (exact) mass is 234 g/mol. The molecule has 0 saturated carbocycles. The third-order valence-corrected chi connectivity index (χ3v) is 4.31. The maximum Gasteiger partial charge on any atom is 0.324 e. The normalized spacial score (nSPS) is 28.0. The molecular weight excluding hydrogens is 224 g/mol. The van der Waals surface area contributed by atoms with Crippen LogP contribution in [0.3, 0.4) is 0 Å². The van der Waals surface area contributed by atoms with Crippen LogP contribution in [0, 0.1) is 0 Å². The van der Waals surface area contributed by atoms with Crippen LogP contribution in [-0.2, 0) is 19.7 Å². The van der Waals surface area contributed by atoms with Gasteiger partial charge in [-0.05, 0) is 23.8 Å². The minimum Gasteiger partial charge on any atom is -0.392 e. The standard InChI is InChI=1S/C12H10O3S/c13-10-7-12(11(14)15-10)5-6-16-9-4-2-1-3-8(9)12/h1-4H,5-7H2. The average molecular weight is 234 g/mol. The van der Waals surface area contributed by atoms with Gasteiger partial charge in [0.05, 0.1) is 6.42 Å². The van der Waals surface area contributed by atoms with Crippen LogP contribution in [0.2, 0.25) is 0 Å². The third kappa shape index (κ3) is 1.23. The topological polar surface area (TPSA) is 43.4 Å². The van der Waals surface area contributed by atoms with Gasteiger partial charge in [-0.25, -0.2) is 0 Å². The van der Waals surface area contributed by atoms with E-state index in [1.807, 2.05) is 24.3 Å². The second kappa shape index (κ2) is 3.35. The number of hydrogen-bond acceptors (Lipinski definition) is 4. The number of carbonyl (C=O) groups is 2. The molecule has 3 nitrogen and oxygen atoms in total. The van der Waals surface area contributed by atoms with E-state index in [1.165, 1.54) is 0 Å². The Balaban J connectivity index is 2.17. The van der Waals surface area contributed by atoms with Crippen molar-refractivity contribution in [3.05, 3.63) is 29.8 Å². The quantitative estimate of drug-likeness (QED) is 0.508. The van der Waals surface area contributed by atoms with Crippen molar-refractivity contribution in [1.82, 2.24) is 0 Å². The largest absolute Gasteiger partial charge is 0.392 e. The lowest BCUT2D eigenvalue weighted by molar-refractivity contribution is -0.153. The van der Waals surface area contributed by atoms with E-state index in [9.17, 15) is 9.59 Å². The van der Waals surface area contributed by atoms with E-state index in [4.69, 9.17) is 4.74 Å². The molecule has 0 N–H and O–H groups in total. The molecule has 82 valence electrons. The second-order valence-corrected chi connectivity index (χ2v) is 5.25. The van der Waals surface area contributed by atoms with E-state index >= 15 is 0 Å². The van der Waals surface area contributed by atoms with Gasteiger partial charge in [0.25, 0.3) is 0 Å². The van der Waals surface area contributed by atoms with E-state index in [0.717, 1.165) is 16.2 Å². The summed E-state index contributed by atoms with van der Waals surface area (Å²) in [5.41, 5.74) is 0.265. The van der Waals surface area contributed by atoms with Crippen LogP contribution in [0.15, 0.2) is 29.2 Å². The van der Waals surface area contributed by atoms with Gasteiger partial charge in [-0.1, -0.05) is 18.2 Å². The Hall–Kier alpha value is -1.29. The molecule has 0 radical (unpaired) electrons. The predicted molar refractivity (Wildman–Crippen MR) is 59.2 cm³/mol. The van der Waals surface area contributed by atoms with Gasteiger partial charge in [-0.15, -0.1) is 11.8 Å². The maximum absolute atomic E-state index is 11.9. The second-order valence-electron chi connectivity index (χ2n) is 4.12. The van der Waals surface area contributed by atoms with Gasteiger partial charge in [0.2, 0.25) is 0 Å². The summed E-state index contributed by atoms with van der Waals surface area (Å²) >= 11 is 1.73. The lowest BCUT2D eigenvalue weighted by Gasteiger charge is -2.30. The molecule has 0 aliphatic carbocycles. The number of benzene rings is 1. The summed E-state index contributed by atoms with van der Waals surface area (Å²) in [6.45, 7) is 0. The molecule has 1 saturated heterocycles. The lowest BCUT2D eigenvalue weighted by atomic mass is 9.76. The van der Waals surface area contributed by atoms with E-state index in [-0.39, 0.29) is 12.4 Å². The van der Waals surface area contributed by atoms with E-state index in [0.29, 0.717) is 6.42 Å². The molecule has 1 unspecified atom stereocenters. The molecule has 3 rings (SSSR count). The summed E-state index contributed by atoms with van der Waals surface area (Å²) in [4.78, 5) is 24.3. The third-order valence-electron chi connectivity index (χ3n) is 3.23. The highest BCUT2D eigenvalue weighted by Crippen LogP contribution is 2.47. The zero-order valence-electron chi connectivity index (χ0n) is 8.56. The molecule has 1 aromatic carbocycles. The molecule has 16 heavy (non-hydrogen) atoms. The number of carbonyl (C=O) groups excluding carboxylic acids is 2. The minimum absolute atomic E-state index is 0.198. The fourth-order valence-corrected chi connectivity index (χ4v) is 3.67. The molecule has 1 fully saturated rings. The molecule has 0 amide bonds. The maximum atomic E-state index is 11.9. The first-order valence-corrected chi connectivity index (χ1v) is 6.18. The number of cyclic esters (lactones) is 2. The summed E-state index contributed by atoms with van der Waals surface area (Å²) in [7, 11) is 0. The van der Waals surface area contributed by atoms with Crippen molar-refractivity contribution < 1.29 is 14.3 Å². The van der Waals surface area contributed by atoms with Crippen molar-refractivity contribution in [2.24, 2.45) is 0 Å². The van der Waals surface area contributed by atoms with Gasteiger partial charge in [-0.3, -0.25) is 9.59 Å². The summed E-state index contributed by atoms with van der Waals surface area (Å²) in [5.74, 6) is 0.0938. The number of fused-ring (bicyclic) bond motifs is 2. The first kappa shape index (κ1) is 9.90. The lowest BCUT2D eigenvalue weighted by Crippen LogP contribution is -2.34. The number of thioether (sulfide) groups is 1. The minimum atomic E-state index is -0.696. The smallest absolute Gasteiger partial charge is 0.324 e. The summed E-state index contributed by atoms with van der Waals surface area (Å²) in [6, 6.07) is 7.79. The molecular formula is C12H10O3S. The SMILES string of the molecule is O=C1CC2(CCSc3ccccc32)C(=O)O1.